The van der Waals surface area contributed by atoms with Crippen LogP contribution in [0.15, 0.2) is 30.3 Å². The average molecular weight is 458 g/mol. The topological polar surface area (TPSA) is 108 Å². The Morgan fingerprint density at radius 1 is 1.21 bits per heavy atom. The fourth-order valence-electron chi connectivity index (χ4n) is 6.31. The smallest absolute Gasteiger partial charge is 0.246 e. The number of amides is 3. The Morgan fingerprint density at radius 2 is 1.88 bits per heavy atom. The van der Waals surface area contributed by atoms with Gasteiger partial charge in [0.1, 0.15) is 11.6 Å². The molecule has 3 aliphatic heterocycles. The van der Waals surface area contributed by atoms with Gasteiger partial charge in [0, 0.05) is 12.6 Å². The molecule has 1 aromatic rings. The molecule has 3 amide bonds. The summed E-state index contributed by atoms with van der Waals surface area (Å²) in [5.74, 6) is -2.33. The van der Waals surface area contributed by atoms with Gasteiger partial charge in [0.15, 0.2) is 0 Å². The second-order valence-corrected chi connectivity index (χ2v) is 10.5. The van der Waals surface area contributed by atoms with Gasteiger partial charge in [-0.2, -0.15) is 0 Å². The number of likely N-dealkylation sites (tertiary alicyclic amines) is 1. The van der Waals surface area contributed by atoms with Gasteiger partial charge >= 0.3 is 0 Å². The fraction of sp³-hybridized carbons (Fsp3) is 0.640. The standard InChI is InChI=1S/C25H35N3O5/c1-6-24-12-13-25(33-24)18(17(24)20(30)26-5)22(32)28(19(25)21(31)27-23(2,3)4)16(14-29)15-10-8-7-9-11-15/h7-11,16-19,29H,6,12-14H2,1-5H3,(H,26,30)(H,27,31)/t16-,17+,18+,19?,24-,25?/m1/s1. The summed E-state index contributed by atoms with van der Waals surface area (Å²) in [6.45, 7) is 7.27. The van der Waals surface area contributed by atoms with Crippen LogP contribution < -0.4 is 10.6 Å². The van der Waals surface area contributed by atoms with Crippen molar-refractivity contribution < 1.29 is 24.2 Å². The summed E-state index contributed by atoms with van der Waals surface area (Å²) >= 11 is 0. The van der Waals surface area contributed by atoms with Gasteiger partial charge in [0.2, 0.25) is 17.7 Å². The zero-order valence-electron chi connectivity index (χ0n) is 20.1. The van der Waals surface area contributed by atoms with Crippen LogP contribution >= 0.6 is 0 Å². The third kappa shape index (κ3) is 3.46. The van der Waals surface area contributed by atoms with Crippen LogP contribution in [-0.4, -0.2) is 64.2 Å². The van der Waals surface area contributed by atoms with E-state index in [1.165, 1.54) is 4.90 Å². The molecule has 6 atom stereocenters. The number of fused-ring (bicyclic) bond motifs is 1. The maximum atomic E-state index is 14.1. The Bertz CT molecular complexity index is 945. The van der Waals surface area contributed by atoms with Gasteiger partial charge in [0.25, 0.3) is 0 Å². The maximum Gasteiger partial charge on any atom is 0.246 e. The first-order valence-corrected chi connectivity index (χ1v) is 11.8. The van der Waals surface area contributed by atoms with Crippen molar-refractivity contribution in [1.29, 1.82) is 0 Å². The predicted molar refractivity (Wildman–Crippen MR) is 122 cm³/mol. The van der Waals surface area contributed by atoms with E-state index in [0.29, 0.717) is 19.3 Å². The second kappa shape index (κ2) is 8.09. The zero-order chi connectivity index (χ0) is 24.2. The molecule has 3 heterocycles. The van der Waals surface area contributed by atoms with Gasteiger partial charge in [-0.3, -0.25) is 14.4 Å². The molecule has 8 nitrogen and oxygen atoms in total. The summed E-state index contributed by atoms with van der Waals surface area (Å²) < 4.78 is 6.67. The first-order valence-electron chi connectivity index (χ1n) is 11.8. The van der Waals surface area contributed by atoms with Crippen molar-refractivity contribution in [1.82, 2.24) is 15.5 Å². The van der Waals surface area contributed by atoms with E-state index in [1.54, 1.807) is 7.05 Å². The molecular weight excluding hydrogens is 422 g/mol. The molecule has 8 heteroatoms. The van der Waals surface area contributed by atoms with Crippen molar-refractivity contribution in [3.8, 4) is 0 Å². The Morgan fingerprint density at radius 3 is 2.42 bits per heavy atom. The van der Waals surface area contributed by atoms with Gasteiger partial charge < -0.3 is 25.4 Å². The molecule has 3 fully saturated rings. The van der Waals surface area contributed by atoms with Crippen LogP contribution in [0, 0.1) is 11.8 Å². The molecule has 33 heavy (non-hydrogen) atoms. The number of nitrogens with one attached hydrogen (secondary N) is 2. The fourth-order valence-corrected chi connectivity index (χ4v) is 6.31. The lowest BCUT2D eigenvalue weighted by Crippen LogP contribution is -2.59. The van der Waals surface area contributed by atoms with E-state index >= 15 is 0 Å². The maximum absolute atomic E-state index is 14.1. The number of hydrogen-bond acceptors (Lipinski definition) is 5. The van der Waals surface area contributed by atoms with Crippen molar-refractivity contribution >= 4 is 17.7 Å². The lowest BCUT2D eigenvalue weighted by atomic mass is 9.65. The Kier molecular flexibility index (Phi) is 5.81. The monoisotopic (exact) mass is 457 g/mol. The molecule has 2 unspecified atom stereocenters. The third-order valence-electron chi connectivity index (χ3n) is 7.59. The van der Waals surface area contributed by atoms with E-state index in [0.717, 1.165) is 5.56 Å². The van der Waals surface area contributed by atoms with E-state index in [4.69, 9.17) is 4.74 Å². The van der Waals surface area contributed by atoms with Crippen LogP contribution in [0.3, 0.4) is 0 Å². The first kappa shape index (κ1) is 23.7. The van der Waals surface area contributed by atoms with E-state index in [2.05, 4.69) is 10.6 Å². The van der Waals surface area contributed by atoms with E-state index in [1.807, 2.05) is 58.0 Å². The Labute approximate surface area is 195 Å². The molecule has 180 valence electrons. The number of carbonyl (C=O) groups excluding carboxylic acids is 3. The van der Waals surface area contributed by atoms with Gasteiger partial charge in [0.05, 0.1) is 30.1 Å². The highest BCUT2D eigenvalue weighted by Gasteiger charge is 2.79. The van der Waals surface area contributed by atoms with Crippen LogP contribution in [0.1, 0.15) is 58.6 Å². The van der Waals surface area contributed by atoms with Crippen molar-refractivity contribution in [2.45, 2.75) is 75.8 Å². The quantitative estimate of drug-likeness (QED) is 0.601. The SMILES string of the molecule is CC[C@]12CCC3(O1)C(C(=O)NC(C)(C)C)N([C@H](CO)c1ccccc1)C(=O)[C@@H]3[C@H]2C(=O)NC. The molecular formula is C25H35N3O5. The predicted octanol–water partition coefficient (Wildman–Crippen LogP) is 1.54. The number of rotatable bonds is 6. The molecule has 1 spiro atoms. The Hall–Kier alpha value is -2.45. The summed E-state index contributed by atoms with van der Waals surface area (Å²) in [5, 5.41) is 16.1. The average Bonchev–Trinajstić information content (AvgIpc) is 3.37. The van der Waals surface area contributed by atoms with E-state index in [-0.39, 0.29) is 24.3 Å². The van der Waals surface area contributed by atoms with Crippen molar-refractivity contribution in [2.75, 3.05) is 13.7 Å². The third-order valence-corrected chi connectivity index (χ3v) is 7.59. The van der Waals surface area contributed by atoms with E-state index in [9.17, 15) is 19.5 Å². The largest absolute Gasteiger partial charge is 0.394 e. The van der Waals surface area contributed by atoms with Crippen LogP contribution in [0.25, 0.3) is 0 Å². The lowest BCUT2D eigenvalue weighted by molar-refractivity contribution is -0.151. The number of hydrogen-bond donors (Lipinski definition) is 3. The first-order chi connectivity index (χ1) is 15.5. The minimum absolute atomic E-state index is 0.242. The summed E-state index contributed by atoms with van der Waals surface area (Å²) in [4.78, 5) is 42.4. The van der Waals surface area contributed by atoms with Crippen LogP contribution in [0.5, 0.6) is 0 Å². The lowest BCUT2D eigenvalue weighted by Gasteiger charge is -2.38. The molecule has 1 aromatic carbocycles. The van der Waals surface area contributed by atoms with Gasteiger partial charge in [-0.15, -0.1) is 0 Å². The number of carbonyl (C=O) groups is 3. The number of ether oxygens (including phenoxy) is 1. The molecule has 0 saturated carbocycles. The minimum Gasteiger partial charge on any atom is -0.394 e. The van der Waals surface area contributed by atoms with Crippen LogP contribution in [0.2, 0.25) is 0 Å². The van der Waals surface area contributed by atoms with E-state index < -0.39 is 40.7 Å². The molecule has 3 N–H and O–H groups in total. The number of aliphatic hydroxyl groups is 1. The van der Waals surface area contributed by atoms with Crippen LogP contribution in [-0.2, 0) is 19.1 Å². The highest BCUT2D eigenvalue weighted by Crippen LogP contribution is 2.65. The van der Waals surface area contributed by atoms with Gasteiger partial charge in [-0.25, -0.2) is 0 Å². The summed E-state index contributed by atoms with van der Waals surface area (Å²) in [6.07, 6.45) is 1.69. The molecule has 4 rings (SSSR count). The van der Waals surface area contributed by atoms with Crippen molar-refractivity contribution in [3.63, 3.8) is 0 Å². The number of aliphatic hydroxyl groups excluding tert-OH is 1. The minimum atomic E-state index is -1.11. The van der Waals surface area contributed by atoms with Gasteiger partial charge in [-0.05, 0) is 45.6 Å². The molecule has 2 bridgehead atoms. The molecule has 0 aromatic heterocycles. The summed E-state index contributed by atoms with van der Waals surface area (Å²) in [6, 6.07) is 7.53. The second-order valence-electron chi connectivity index (χ2n) is 10.5. The molecule has 0 aliphatic carbocycles. The normalized spacial score (nSPS) is 33.7. The zero-order valence-corrected chi connectivity index (χ0v) is 20.1. The van der Waals surface area contributed by atoms with Crippen molar-refractivity contribution in [3.05, 3.63) is 35.9 Å². The molecule has 3 saturated heterocycles. The summed E-state index contributed by atoms with van der Waals surface area (Å²) in [5.41, 5.74) is -1.67. The molecule has 3 aliphatic rings. The Balaban J connectivity index is 1.87. The molecule has 0 radical (unpaired) electrons. The van der Waals surface area contributed by atoms with Crippen molar-refractivity contribution in [2.24, 2.45) is 11.8 Å². The van der Waals surface area contributed by atoms with Crippen LogP contribution in [0.4, 0.5) is 0 Å². The summed E-state index contributed by atoms with van der Waals surface area (Å²) in [7, 11) is 1.56. The number of nitrogens with zero attached hydrogens (tertiary/aromatic N) is 1. The van der Waals surface area contributed by atoms with Gasteiger partial charge in [-0.1, -0.05) is 37.3 Å². The highest BCUT2D eigenvalue weighted by molar-refractivity contribution is 5.99. The number of benzene rings is 1. The highest BCUT2D eigenvalue weighted by atomic mass is 16.5.